The Hall–Kier alpha value is -2.35. The fourth-order valence-electron chi connectivity index (χ4n) is 1.81. The minimum atomic E-state index is -0.265. The van der Waals surface area contributed by atoms with E-state index in [0.717, 1.165) is 17.8 Å². The molecule has 0 amide bonds. The van der Waals surface area contributed by atoms with Crippen molar-refractivity contribution in [1.29, 1.82) is 5.26 Å². The molecule has 0 unspecified atom stereocenters. The molecule has 0 bridgehead atoms. The van der Waals surface area contributed by atoms with Crippen LogP contribution in [0.5, 0.6) is 0 Å². The van der Waals surface area contributed by atoms with E-state index in [4.69, 9.17) is 5.26 Å². The third kappa shape index (κ3) is 2.18. The van der Waals surface area contributed by atoms with Gasteiger partial charge < -0.3 is 4.57 Å². The topological polar surface area (TPSA) is 63.6 Å². The zero-order valence-electron chi connectivity index (χ0n) is 10.4. The van der Waals surface area contributed by atoms with E-state index >= 15 is 0 Å². The fraction of sp³-hybridized carbons (Fsp3) is 0.308. The van der Waals surface area contributed by atoms with Gasteiger partial charge in [-0.15, -0.1) is 0 Å². The van der Waals surface area contributed by atoms with Gasteiger partial charge in [0.1, 0.15) is 11.6 Å². The van der Waals surface area contributed by atoms with Crippen molar-refractivity contribution >= 4 is 0 Å². The summed E-state index contributed by atoms with van der Waals surface area (Å²) < 4.78 is 3.29. The molecule has 0 saturated heterocycles. The molecule has 0 aliphatic rings. The molecule has 0 N–H and O–H groups in total. The van der Waals surface area contributed by atoms with Gasteiger partial charge in [0.25, 0.3) is 5.56 Å². The van der Waals surface area contributed by atoms with Crippen LogP contribution in [0.25, 0.3) is 0 Å². The van der Waals surface area contributed by atoms with Crippen LogP contribution in [0.4, 0.5) is 0 Å². The first kappa shape index (κ1) is 12.1. The Balaban J connectivity index is 2.37. The Kier molecular flexibility index (Phi) is 3.28. The molecule has 0 aliphatic heterocycles. The van der Waals surface area contributed by atoms with Gasteiger partial charge in [-0.25, -0.2) is 0 Å². The van der Waals surface area contributed by atoms with Gasteiger partial charge in [-0.05, 0) is 24.6 Å². The second kappa shape index (κ2) is 4.88. The van der Waals surface area contributed by atoms with E-state index in [2.05, 4.69) is 5.10 Å². The Bertz CT molecular complexity index is 660. The summed E-state index contributed by atoms with van der Waals surface area (Å²) in [5, 5.41) is 13.2. The zero-order valence-corrected chi connectivity index (χ0v) is 10.4. The molecule has 92 valence electrons. The van der Waals surface area contributed by atoms with Crippen molar-refractivity contribution in [1.82, 2.24) is 14.3 Å². The SMILES string of the molecule is CCc1cc(Cn2cccc(C#N)c2=O)n(C)n1. The molecule has 2 heterocycles. The number of nitrogens with zero attached hydrogens (tertiary/aromatic N) is 4. The molecule has 0 fully saturated rings. The predicted molar refractivity (Wildman–Crippen MR) is 67.1 cm³/mol. The van der Waals surface area contributed by atoms with E-state index in [1.54, 1.807) is 16.9 Å². The summed E-state index contributed by atoms with van der Waals surface area (Å²) in [5.74, 6) is 0. The van der Waals surface area contributed by atoms with Gasteiger partial charge in [-0.2, -0.15) is 10.4 Å². The Morgan fingerprint density at radius 3 is 2.89 bits per heavy atom. The van der Waals surface area contributed by atoms with E-state index < -0.39 is 0 Å². The molecule has 5 heteroatoms. The van der Waals surface area contributed by atoms with Crippen LogP contribution in [0.1, 0.15) is 23.9 Å². The highest BCUT2D eigenvalue weighted by Crippen LogP contribution is 2.05. The van der Waals surface area contributed by atoms with Crippen LogP contribution in [-0.4, -0.2) is 14.3 Å². The highest BCUT2D eigenvalue weighted by molar-refractivity contribution is 5.25. The van der Waals surface area contributed by atoms with E-state index in [1.807, 2.05) is 26.1 Å². The third-order valence-corrected chi connectivity index (χ3v) is 2.86. The first-order chi connectivity index (χ1) is 8.65. The molecule has 2 rings (SSSR count). The van der Waals surface area contributed by atoms with Gasteiger partial charge in [0.15, 0.2) is 0 Å². The fourth-order valence-corrected chi connectivity index (χ4v) is 1.81. The summed E-state index contributed by atoms with van der Waals surface area (Å²) in [6.07, 6.45) is 2.54. The summed E-state index contributed by atoms with van der Waals surface area (Å²) in [4.78, 5) is 11.9. The van der Waals surface area contributed by atoms with Gasteiger partial charge in [-0.1, -0.05) is 6.92 Å². The van der Waals surface area contributed by atoms with Gasteiger partial charge in [0, 0.05) is 13.2 Å². The van der Waals surface area contributed by atoms with E-state index in [0.29, 0.717) is 6.54 Å². The lowest BCUT2D eigenvalue weighted by Crippen LogP contribution is -2.23. The number of nitriles is 1. The van der Waals surface area contributed by atoms with Crippen LogP contribution < -0.4 is 5.56 Å². The van der Waals surface area contributed by atoms with Crippen LogP contribution in [0.2, 0.25) is 0 Å². The predicted octanol–water partition coefficient (Wildman–Crippen LogP) is 1.06. The summed E-state index contributed by atoms with van der Waals surface area (Å²) in [6, 6.07) is 7.11. The number of pyridine rings is 1. The molecule has 5 nitrogen and oxygen atoms in total. The normalized spacial score (nSPS) is 10.3. The molecule has 0 aromatic carbocycles. The van der Waals surface area contributed by atoms with Gasteiger partial charge in [0.2, 0.25) is 0 Å². The molecule has 0 saturated carbocycles. The maximum absolute atomic E-state index is 11.9. The standard InChI is InChI=1S/C13H14N4O/c1-3-11-7-12(16(2)15-11)9-17-6-4-5-10(8-14)13(17)18/h4-7H,3,9H2,1-2H3. The molecule has 0 atom stereocenters. The Labute approximate surface area is 105 Å². The van der Waals surface area contributed by atoms with E-state index in [1.165, 1.54) is 10.6 Å². The second-order valence-electron chi connectivity index (χ2n) is 4.07. The van der Waals surface area contributed by atoms with Crippen molar-refractivity contribution in [3.8, 4) is 6.07 Å². The number of hydrogen-bond acceptors (Lipinski definition) is 3. The van der Waals surface area contributed by atoms with Crippen molar-refractivity contribution in [2.75, 3.05) is 0 Å². The lowest BCUT2D eigenvalue weighted by Gasteiger charge is -2.05. The average molecular weight is 242 g/mol. The van der Waals surface area contributed by atoms with Crippen LogP contribution in [0.3, 0.4) is 0 Å². The molecule has 2 aromatic heterocycles. The van der Waals surface area contributed by atoms with Crippen LogP contribution in [0, 0.1) is 11.3 Å². The molecule has 2 aromatic rings. The highest BCUT2D eigenvalue weighted by Gasteiger charge is 2.07. The number of aromatic nitrogens is 3. The summed E-state index contributed by atoms with van der Waals surface area (Å²) in [7, 11) is 1.85. The smallest absolute Gasteiger partial charge is 0.268 e. The molecule has 0 spiro atoms. The van der Waals surface area contributed by atoms with E-state index in [9.17, 15) is 4.79 Å². The van der Waals surface area contributed by atoms with Crippen LogP contribution >= 0.6 is 0 Å². The zero-order chi connectivity index (χ0) is 13.1. The van der Waals surface area contributed by atoms with Gasteiger partial charge in [-0.3, -0.25) is 9.48 Å². The summed E-state index contributed by atoms with van der Waals surface area (Å²) in [6.45, 7) is 2.46. The largest absolute Gasteiger partial charge is 0.308 e. The number of hydrogen-bond donors (Lipinski definition) is 0. The van der Waals surface area contributed by atoms with Crippen LogP contribution in [-0.2, 0) is 20.0 Å². The summed E-state index contributed by atoms with van der Waals surface area (Å²) >= 11 is 0. The molecule has 18 heavy (non-hydrogen) atoms. The Morgan fingerprint density at radius 1 is 1.50 bits per heavy atom. The minimum Gasteiger partial charge on any atom is -0.308 e. The summed E-state index contributed by atoms with van der Waals surface area (Å²) in [5.41, 5.74) is 1.84. The third-order valence-electron chi connectivity index (χ3n) is 2.86. The van der Waals surface area contributed by atoms with Crippen molar-refractivity contribution < 1.29 is 0 Å². The second-order valence-corrected chi connectivity index (χ2v) is 4.07. The van der Waals surface area contributed by atoms with Gasteiger partial charge in [0.05, 0.1) is 17.9 Å². The van der Waals surface area contributed by atoms with Crippen LogP contribution in [0.15, 0.2) is 29.2 Å². The molecule has 0 aliphatic carbocycles. The monoisotopic (exact) mass is 242 g/mol. The lowest BCUT2D eigenvalue weighted by atomic mass is 10.2. The van der Waals surface area contributed by atoms with Crippen molar-refractivity contribution in [2.24, 2.45) is 7.05 Å². The van der Waals surface area contributed by atoms with Crippen molar-refractivity contribution in [2.45, 2.75) is 19.9 Å². The quantitative estimate of drug-likeness (QED) is 0.808. The van der Waals surface area contributed by atoms with E-state index in [-0.39, 0.29) is 11.1 Å². The molecular formula is C13H14N4O. The van der Waals surface area contributed by atoms with Crippen molar-refractivity contribution in [3.63, 3.8) is 0 Å². The Morgan fingerprint density at radius 2 is 2.28 bits per heavy atom. The maximum atomic E-state index is 11.9. The first-order valence-corrected chi connectivity index (χ1v) is 5.77. The lowest BCUT2D eigenvalue weighted by molar-refractivity contribution is 0.648. The molecule has 0 radical (unpaired) electrons. The minimum absolute atomic E-state index is 0.162. The number of rotatable bonds is 3. The van der Waals surface area contributed by atoms with Gasteiger partial charge >= 0.3 is 0 Å². The maximum Gasteiger partial charge on any atom is 0.268 e. The highest BCUT2D eigenvalue weighted by atomic mass is 16.1. The number of aryl methyl sites for hydroxylation is 2. The molecular weight excluding hydrogens is 228 g/mol. The van der Waals surface area contributed by atoms with Crippen molar-refractivity contribution in [3.05, 3.63) is 51.7 Å². The average Bonchev–Trinajstić information content (AvgIpc) is 2.73. The first-order valence-electron chi connectivity index (χ1n) is 5.77.